The number of halogens is 2. The summed E-state index contributed by atoms with van der Waals surface area (Å²) in [5, 5.41) is 4.80. The fraction of sp³-hybridized carbons (Fsp3) is 0.571. The van der Waals surface area contributed by atoms with E-state index in [0.29, 0.717) is 16.1 Å². The zero-order chi connectivity index (χ0) is 12.7. The average molecular weight is 274 g/mol. The number of unbranched alkanes of at least 4 members (excludes halogenated alkanes) is 1. The van der Waals surface area contributed by atoms with Gasteiger partial charge < -0.3 is 5.32 Å². The highest BCUT2D eigenvalue weighted by Gasteiger charge is 2.08. The van der Waals surface area contributed by atoms with Crippen LogP contribution in [0, 0.1) is 0 Å². The summed E-state index contributed by atoms with van der Waals surface area (Å²) in [4.78, 5) is 0. The molecule has 3 heteroatoms. The van der Waals surface area contributed by atoms with Crippen molar-refractivity contribution in [1.82, 2.24) is 5.32 Å². The Hall–Kier alpha value is -0.240. The molecule has 96 valence electrons. The maximum absolute atomic E-state index is 6.03. The van der Waals surface area contributed by atoms with Crippen LogP contribution in [0.15, 0.2) is 18.2 Å². The van der Waals surface area contributed by atoms with Crippen molar-refractivity contribution in [3.05, 3.63) is 33.8 Å². The van der Waals surface area contributed by atoms with Gasteiger partial charge in [-0.2, -0.15) is 0 Å². The van der Waals surface area contributed by atoms with Crippen molar-refractivity contribution >= 4 is 23.2 Å². The van der Waals surface area contributed by atoms with Crippen LogP contribution < -0.4 is 5.32 Å². The van der Waals surface area contributed by atoms with E-state index in [1.165, 1.54) is 24.8 Å². The summed E-state index contributed by atoms with van der Waals surface area (Å²) in [6.07, 6.45) is 4.73. The van der Waals surface area contributed by atoms with Crippen LogP contribution >= 0.6 is 23.2 Å². The lowest BCUT2D eigenvalue weighted by atomic mass is 10.0. The van der Waals surface area contributed by atoms with Crippen molar-refractivity contribution < 1.29 is 0 Å². The SMILES string of the molecule is CCCCC(Cc1ccc(Cl)c(Cl)c1)NCC. The molecule has 0 saturated carbocycles. The molecule has 0 bridgehead atoms. The van der Waals surface area contributed by atoms with Crippen LogP contribution in [0.1, 0.15) is 38.7 Å². The number of hydrogen-bond donors (Lipinski definition) is 1. The molecule has 0 fully saturated rings. The van der Waals surface area contributed by atoms with Gasteiger partial charge in [0.05, 0.1) is 10.0 Å². The van der Waals surface area contributed by atoms with Crippen LogP contribution in [-0.4, -0.2) is 12.6 Å². The molecule has 1 aromatic rings. The maximum atomic E-state index is 6.03. The highest BCUT2D eigenvalue weighted by molar-refractivity contribution is 6.42. The van der Waals surface area contributed by atoms with Gasteiger partial charge in [0.2, 0.25) is 0 Å². The predicted octanol–water partition coefficient (Wildman–Crippen LogP) is 4.70. The first kappa shape index (κ1) is 14.8. The summed E-state index contributed by atoms with van der Waals surface area (Å²) < 4.78 is 0. The standard InChI is InChI=1S/C14H21Cl2N/c1-3-5-6-12(17-4-2)9-11-7-8-13(15)14(16)10-11/h7-8,10,12,17H,3-6,9H2,1-2H3. The third-order valence-electron chi connectivity index (χ3n) is 2.87. The highest BCUT2D eigenvalue weighted by atomic mass is 35.5. The van der Waals surface area contributed by atoms with Gasteiger partial charge in [-0.3, -0.25) is 0 Å². The first-order valence-corrected chi connectivity index (χ1v) is 7.10. The van der Waals surface area contributed by atoms with Crippen molar-refractivity contribution in [2.75, 3.05) is 6.54 Å². The highest BCUT2D eigenvalue weighted by Crippen LogP contribution is 2.23. The van der Waals surface area contributed by atoms with Gasteiger partial charge in [0.15, 0.2) is 0 Å². The second kappa shape index (κ2) is 7.97. The first-order chi connectivity index (χ1) is 8.17. The fourth-order valence-corrected chi connectivity index (χ4v) is 2.29. The molecule has 0 aliphatic heterocycles. The molecule has 1 rings (SSSR count). The Morgan fingerprint density at radius 1 is 1.18 bits per heavy atom. The molecule has 1 atom stereocenters. The van der Waals surface area contributed by atoms with Crippen LogP contribution in [0.3, 0.4) is 0 Å². The molecule has 0 radical (unpaired) electrons. The summed E-state index contributed by atoms with van der Waals surface area (Å²) in [6, 6.07) is 6.45. The molecule has 1 N–H and O–H groups in total. The Kier molecular flexibility index (Phi) is 6.94. The van der Waals surface area contributed by atoms with E-state index in [9.17, 15) is 0 Å². The van der Waals surface area contributed by atoms with Gasteiger partial charge in [-0.05, 0) is 37.1 Å². The lowest BCUT2D eigenvalue weighted by Crippen LogP contribution is -2.30. The average Bonchev–Trinajstić information content (AvgIpc) is 2.31. The van der Waals surface area contributed by atoms with Crippen molar-refractivity contribution in [2.45, 2.75) is 45.6 Å². The molecule has 0 aliphatic carbocycles. The molecule has 0 amide bonds. The van der Waals surface area contributed by atoms with Gasteiger partial charge in [0.25, 0.3) is 0 Å². The van der Waals surface area contributed by atoms with Gasteiger partial charge in [0.1, 0.15) is 0 Å². The molecule has 1 unspecified atom stereocenters. The Labute approximate surface area is 115 Å². The quantitative estimate of drug-likeness (QED) is 0.759. The van der Waals surface area contributed by atoms with Gasteiger partial charge in [-0.25, -0.2) is 0 Å². The minimum atomic E-state index is 0.539. The van der Waals surface area contributed by atoms with E-state index in [-0.39, 0.29) is 0 Å². The van der Waals surface area contributed by atoms with Crippen molar-refractivity contribution in [3.8, 4) is 0 Å². The summed E-state index contributed by atoms with van der Waals surface area (Å²) in [6.45, 7) is 5.38. The largest absolute Gasteiger partial charge is 0.314 e. The zero-order valence-electron chi connectivity index (χ0n) is 10.6. The molecule has 0 aliphatic rings. The van der Waals surface area contributed by atoms with E-state index in [4.69, 9.17) is 23.2 Å². The van der Waals surface area contributed by atoms with E-state index in [1.54, 1.807) is 0 Å². The van der Waals surface area contributed by atoms with E-state index in [1.807, 2.05) is 12.1 Å². The van der Waals surface area contributed by atoms with E-state index < -0.39 is 0 Å². The Bertz CT molecular complexity index is 339. The topological polar surface area (TPSA) is 12.0 Å². The summed E-state index contributed by atoms with van der Waals surface area (Å²) in [5.74, 6) is 0. The molecule has 0 spiro atoms. The third kappa shape index (κ3) is 5.29. The second-order valence-electron chi connectivity index (χ2n) is 4.35. The van der Waals surface area contributed by atoms with Crippen LogP contribution in [0.5, 0.6) is 0 Å². The second-order valence-corrected chi connectivity index (χ2v) is 5.16. The van der Waals surface area contributed by atoms with Crippen molar-refractivity contribution in [3.63, 3.8) is 0 Å². The van der Waals surface area contributed by atoms with Crippen molar-refractivity contribution in [2.24, 2.45) is 0 Å². The van der Waals surface area contributed by atoms with E-state index >= 15 is 0 Å². The molecular formula is C14H21Cl2N. The molecular weight excluding hydrogens is 253 g/mol. The Balaban J connectivity index is 2.61. The molecule has 0 saturated heterocycles. The first-order valence-electron chi connectivity index (χ1n) is 6.34. The summed E-state index contributed by atoms with van der Waals surface area (Å²) in [7, 11) is 0. The molecule has 0 aromatic heterocycles. The lowest BCUT2D eigenvalue weighted by Gasteiger charge is -2.17. The molecule has 17 heavy (non-hydrogen) atoms. The van der Waals surface area contributed by atoms with Crippen LogP contribution in [0.4, 0.5) is 0 Å². The third-order valence-corrected chi connectivity index (χ3v) is 3.60. The smallest absolute Gasteiger partial charge is 0.0595 e. The number of benzene rings is 1. The molecule has 0 heterocycles. The van der Waals surface area contributed by atoms with Crippen LogP contribution in [-0.2, 0) is 6.42 Å². The Morgan fingerprint density at radius 3 is 2.53 bits per heavy atom. The zero-order valence-corrected chi connectivity index (χ0v) is 12.1. The monoisotopic (exact) mass is 273 g/mol. The van der Waals surface area contributed by atoms with E-state index in [0.717, 1.165) is 13.0 Å². The lowest BCUT2D eigenvalue weighted by molar-refractivity contribution is 0.473. The molecule has 1 aromatic carbocycles. The molecule has 1 nitrogen and oxygen atoms in total. The minimum absolute atomic E-state index is 0.539. The van der Waals surface area contributed by atoms with Gasteiger partial charge in [-0.15, -0.1) is 0 Å². The van der Waals surface area contributed by atoms with Crippen molar-refractivity contribution in [1.29, 1.82) is 0 Å². The number of likely N-dealkylation sites (N-methyl/N-ethyl adjacent to an activating group) is 1. The normalized spacial score (nSPS) is 12.7. The van der Waals surface area contributed by atoms with Gasteiger partial charge >= 0.3 is 0 Å². The van der Waals surface area contributed by atoms with Gasteiger partial charge in [0, 0.05) is 6.04 Å². The minimum Gasteiger partial charge on any atom is -0.314 e. The van der Waals surface area contributed by atoms with E-state index in [2.05, 4.69) is 25.2 Å². The Morgan fingerprint density at radius 2 is 1.94 bits per heavy atom. The summed E-state index contributed by atoms with van der Waals surface area (Å²) >= 11 is 11.9. The number of nitrogens with one attached hydrogen (secondary N) is 1. The van der Waals surface area contributed by atoms with Crippen LogP contribution in [0.25, 0.3) is 0 Å². The van der Waals surface area contributed by atoms with Gasteiger partial charge in [-0.1, -0.05) is 56.0 Å². The predicted molar refractivity (Wildman–Crippen MR) is 77.2 cm³/mol. The fourth-order valence-electron chi connectivity index (χ4n) is 1.97. The maximum Gasteiger partial charge on any atom is 0.0595 e. The summed E-state index contributed by atoms with van der Waals surface area (Å²) in [5.41, 5.74) is 1.25. The number of rotatable bonds is 7. The van der Waals surface area contributed by atoms with Crippen LogP contribution in [0.2, 0.25) is 10.0 Å². The number of hydrogen-bond acceptors (Lipinski definition) is 1.